The summed E-state index contributed by atoms with van der Waals surface area (Å²) < 4.78 is 7.61. The number of carboxylic acids is 1. The number of aromatic nitrogens is 4. The molecule has 0 bridgehead atoms. The molecular formula is C23H31N7O5. The zero-order chi connectivity index (χ0) is 24.9. The van der Waals surface area contributed by atoms with Gasteiger partial charge in [0.15, 0.2) is 17.7 Å². The smallest absolute Gasteiger partial charge is 0.320 e. The third-order valence-electron chi connectivity index (χ3n) is 6.37. The molecule has 188 valence electrons. The van der Waals surface area contributed by atoms with E-state index in [1.165, 1.54) is 17.2 Å². The summed E-state index contributed by atoms with van der Waals surface area (Å²) in [6.07, 6.45) is -0.0230. The van der Waals surface area contributed by atoms with Crippen LogP contribution in [0.3, 0.4) is 0 Å². The van der Waals surface area contributed by atoms with Gasteiger partial charge < -0.3 is 36.8 Å². The van der Waals surface area contributed by atoms with Crippen LogP contribution in [0, 0.1) is 5.92 Å². The Morgan fingerprint density at radius 2 is 1.91 bits per heavy atom. The minimum absolute atomic E-state index is 0.0489. The summed E-state index contributed by atoms with van der Waals surface area (Å²) in [4.78, 5) is 23.5. The van der Waals surface area contributed by atoms with Gasteiger partial charge in [0, 0.05) is 6.54 Å². The fraction of sp³-hybridized carbons (Fsp3) is 0.478. The van der Waals surface area contributed by atoms with E-state index in [9.17, 15) is 15.0 Å². The van der Waals surface area contributed by atoms with Crippen molar-refractivity contribution in [3.8, 4) is 0 Å². The first kappa shape index (κ1) is 24.9. The third kappa shape index (κ3) is 5.74. The summed E-state index contributed by atoms with van der Waals surface area (Å²) in [5, 5.41) is 34.1. The maximum absolute atomic E-state index is 11.2. The van der Waals surface area contributed by atoms with Gasteiger partial charge >= 0.3 is 5.97 Å². The number of anilines is 1. The van der Waals surface area contributed by atoms with Crippen molar-refractivity contribution in [2.45, 2.75) is 56.4 Å². The topological polar surface area (TPSA) is 195 Å². The molecule has 1 aliphatic rings. The van der Waals surface area contributed by atoms with Crippen LogP contribution in [0.25, 0.3) is 11.2 Å². The number of hydrogen-bond donors (Lipinski definition) is 6. The molecule has 0 aliphatic carbocycles. The first-order valence-electron chi connectivity index (χ1n) is 11.5. The molecule has 35 heavy (non-hydrogen) atoms. The van der Waals surface area contributed by atoms with Crippen molar-refractivity contribution in [1.29, 1.82) is 0 Å². The number of ether oxygens (including phenoxy) is 1. The summed E-state index contributed by atoms with van der Waals surface area (Å²) in [7, 11) is 0. The van der Waals surface area contributed by atoms with Crippen LogP contribution in [-0.2, 0) is 16.1 Å². The lowest BCUT2D eigenvalue weighted by atomic mass is 9.92. The predicted octanol–water partition coefficient (Wildman–Crippen LogP) is 0.0159. The number of nitrogen functional groups attached to an aromatic ring is 1. The summed E-state index contributed by atoms with van der Waals surface area (Å²) in [6, 6.07) is 8.93. The average Bonchev–Trinajstić information content (AvgIpc) is 3.40. The van der Waals surface area contributed by atoms with E-state index in [0.717, 1.165) is 5.56 Å². The predicted molar refractivity (Wildman–Crippen MR) is 127 cm³/mol. The zero-order valence-electron chi connectivity index (χ0n) is 19.1. The number of carboxylic acid groups (broad SMARTS) is 1. The van der Waals surface area contributed by atoms with E-state index in [0.29, 0.717) is 37.1 Å². The van der Waals surface area contributed by atoms with E-state index >= 15 is 0 Å². The largest absolute Gasteiger partial charge is 0.480 e. The van der Waals surface area contributed by atoms with Crippen LogP contribution in [0.1, 0.15) is 31.1 Å². The number of nitrogens with zero attached hydrogens (tertiary/aromatic N) is 4. The number of aliphatic carboxylic acids is 1. The molecule has 0 saturated carbocycles. The van der Waals surface area contributed by atoms with Crippen LogP contribution >= 0.6 is 0 Å². The maximum atomic E-state index is 11.2. The Morgan fingerprint density at radius 3 is 2.66 bits per heavy atom. The molecule has 3 heterocycles. The second-order valence-corrected chi connectivity index (χ2v) is 8.87. The Bertz CT molecular complexity index is 1130. The highest BCUT2D eigenvalue weighted by Crippen LogP contribution is 2.35. The molecule has 3 aromatic rings. The third-order valence-corrected chi connectivity index (χ3v) is 6.37. The first-order chi connectivity index (χ1) is 16.8. The van der Waals surface area contributed by atoms with E-state index in [1.54, 1.807) is 0 Å². The Balaban J connectivity index is 1.44. The van der Waals surface area contributed by atoms with Crippen LogP contribution < -0.4 is 16.8 Å². The highest BCUT2D eigenvalue weighted by Gasteiger charge is 2.45. The molecule has 1 fully saturated rings. The monoisotopic (exact) mass is 485 g/mol. The summed E-state index contributed by atoms with van der Waals surface area (Å²) in [5.74, 6) is -0.897. The molecule has 1 aliphatic heterocycles. The minimum Gasteiger partial charge on any atom is -0.480 e. The Morgan fingerprint density at radius 1 is 1.14 bits per heavy atom. The molecule has 8 N–H and O–H groups in total. The van der Waals surface area contributed by atoms with Gasteiger partial charge in [-0.15, -0.1) is 0 Å². The SMILES string of the molecule is Nc1ncnc2c1ncn2[C@@H]1O[C@H](C[C@H](CCC(N)C(=O)O)CNCc2ccccc2)C(O)C1O. The first-order valence-corrected chi connectivity index (χ1v) is 11.5. The van der Waals surface area contributed by atoms with Crippen molar-refractivity contribution < 1.29 is 24.9 Å². The minimum atomic E-state index is -1.22. The van der Waals surface area contributed by atoms with Gasteiger partial charge in [0.1, 0.15) is 30.1 Å². The van der Waals surface area contributed by atoms with Crippen LogP contribution in [0.5, 0.6) is 0 Å². The van der Waals surface area contributed by atoms with E-state index in [-0.39, 0.29) is 18.2 Å². The van der Waals surface area contributed by atoms with Crippen molar-refractivity contribution in [3.05, 3.63) is 48.5 Å². The zero-order valence-corrected chi connectivity index (χ0v) is 19.1. The van der Waals surface area contributed by atoms with Gasteiger partial charge in [0.25, 0.3) is 0 Å². The number of carbonyl (C=O) groups is 1. The molecule has 0 radical (unpaired) electrons. The van der Waals surface area contributed by atoms with Gasteiger partial charge in [0.05, 0.1) is 12.4 Å². The van der Waals surface area contributed by atoms with Gasteiger partial charge in [0.2, 0.25) is 0 Å². The van der Waals surface area contributed by atoms with Crippen LogP contribution in [0.15, 0.2) is 43.0 Å². The number of aliphatic hydroxyl groups is 2. The Kier molecular flexibility index (Phi) is 7.88. The standard InChI is InChI=1S/C23H31N7O5/c24-15(23(33)34)7-6-14(10-26-9-13-4-2-1-3-5-13)8-16-18(31)19(32)22(35-16)30-12-29-17-20(25)27-11-28-21(17)30/h1-5,11-12,14-16,18-19,22,26,31-32H,6-10,24H2,(H,33,34)(H2,25,27,28)/t14-,15?,16+,18?,19?,22+/m0/s1. The second-order valence-electron chi connectivity index (χ2n) is 8.87. The normalized spacial score (nSPS) is 24.0. The van der Waals surface area contributed by atoms with Gasteiger partial charge in [-0.2, -0.15) is 0 Å². The number of rotatable bonds is 11. The van der Waals surface area contributed by atoms with E-state index < -0.39 is 36.6 Å². The molecule has 4 rings (SSSR count). The number of nitrogens with one attached hydrogen (secondary N) is 1. The molecule has 12 nitrogen and oxygen atoms in total. The lowest BCUT2D eigenvalue weighted by Gasteiger charge is -2.23. The average molecular weight is 486 g/mol. The van der Waals surface area contributed by atoms with Gasteiger partial charge in [-0.05, 0) is 37.3 Å². The molecule has 2 aromatic heterocycles. The number of aliphatic hydroxyl groups excluding tert-OH is 2. The fourth-order valence-corrected chi connectivity index (χ4v) is 4.40. The number of benzene rings is 1. The molecule has 12 heteroatoms. The fourth-order valence-electron chi connectivity index (χ4n) is 4.40. The van der Waals surface area contributed by atoms with Crippen molar-refractivity contribution in [3.63, 3.8) is 0 Å². The van der Waals surface area contributed by atoms with Crippen LogP contribution in [-0.4, -0.2) is 71.7 Å². The molecule has 1 saturated heterocycles. The van der Waals surface area contributed by atoms with Crippen LogP contribution in [0.4, 0.5) is 5.82 Å². The van der Waals surface area contributed by atoms with E-state index in [4.69, 9.17) is 21.3 Å². The summed E-state index contributed by atoms with van der Waals surface area (Å²) in [5.41, 5.74) is 13.5. The lowest BCUT2D eigenvalue weighted by molar-refractivity contribution is -0.138. The van der Waals surface area contributed by atoms with Crippen molar-refractivity contribution in [2.75, 3.05) is 12.3 Å². The van der Waals surface area contributed by atoms with Gasteiger partial charge in [-0.1, -0.05) is 30.3 Å². The Labute approximate surface area is 202 Å². The highest BCUT2D eigenvalue weighted by molar-refractivity contribution is 5.81. The number of nitrogens with two attached hydrogens (primary N) is 2. The molecule has 0 amide bonds. The molecule has 3 unspecified atom stereocenters. The van der Waals surface area contributed by atoms with Gasteiger partial charge in [-0.3, -0.25) is 9.36 Å². The molecular weight excluding hydrogens is 454 g/mol. The lowest BCUT2D eigenvalue weighted by Crippen LogP contribution is -2.35. The number of fused-ring (bicyclic) bond motifs is 1. The summed E-state index contributed by atoms with van der Waals surface area (Å²) in [6.45, 7) is 1.20. The Hall–Kier alpha value is -3.16. The van der Waals surface area contributed by atoms with E-state index in [1.807, 2.05) is 30.3 Å². The van der Waals surface area contributed by atoms with Gasteiger partial charge in [-0.25, -0.2) is 15.0 Å². The van der Waals surface area contributed by atoms with Crippen LogP contribution in [0.2, 0.25) is 0 Å². The van der Waals surface area contributed by atoms with Crippen molar-refractivity contribution >= 4 is 23.0 Å². The van der Waals surface area contributed by atoms with Crippen molar-refractivity contribution in [2.24, 2.45) is 11.7 Å². The van der Waals surface area contributed by atoms with E-state index in [2.05, 4.69) is 20.3 Å². The number of hydrogen-bond acceptors (Lipinski definition) is 10. The maximum Gasteiger partial charge on any atom is 0.320 e. The summed E-state index contributed by atoms with van der Waals surface area (Å²) >= 11 is 0. The molecule has 0 spiro atoms. The quantitative estimate of drug-likeness (QED) is 0.214. The highest BCUT2D eigenvalue weighted by atomic mass is 16.6. The molecule has 6 atom stereocenters. The number of imidazole rings is 1. The molecule has 1 aromatic carbocycles. The second kappa shape index (κ2) is 11.1. The van der Waals surface area contributed by atoms with Crippen molar-refractivity contribution in [1.82, 2.24) is 24.8 Å².